The molecule has 0 aliphatic heterocycles. The normalized spacial score (nSPS) is 12.2. The molecule has 0 radical (unpaired) electrons. The van der Waals surface area contributed by atoms with Gasteiger partial charge in [0.15, 0.2) is 0 Å². The minimum atomic E-state index is -3.91. The first kappa shape index (κ1) is 21.6. The van der Waals surface area contributed by atoms with Crippen LogP contribution in [-0.4, -0.2) is 20.9 Å². The molecule has 1 amide bonds. The van der Waals surface area contributed by atoms with Crippen molar-refractivity contribution in [1.29, 1.82) is 0 Å². The summed E-state index contributed by atoms with van der Waals surface area (Å²) in [7, 11) is -3.91. The Morgan fingerprint density at radius 2 is 1.40 bits per heavy atom. The number of aryl methyl sites for hydroxylation is 2. The number of anilines is 1. The maximum atomic E-state index is 13.4. The number of carbonyl (C=O) groups is 1. The summed E-state index contributed by atoms with van der Waals surface area (Å²) in [6.45, 7) is 5.39. The van der Waals surface area contributed by atoms with Crippen LogP contribution < -0.4 is 9.62 Å². The quantitative estimate of drug-likeness (QED) is 0.615. The smallest absolute Gasteiger partial charge is 0.264 e. The standard InChI is InChI=1S/C24H26N2O3S/c1-18-9-13-22(14-10-18)26(30(28,29)23-15-11-19(2)12-16-23)17-24(27)25-20(3)21-7-5-4-6-8-21/h4-16,20H,17H2,1-3H3,(H,25,27)/t20-/m1/s1. The Morgan fingerprint density at radius 1 is 0.867 bits per heavy atom. The summed E-state index contributed by atoms with van der Waals surface area (Å²) in [6.07, 6.45) is 0. The van der Waals surface area contributed by atoms with E-state index < -0.39 is 10.0 Å². The van der Waals surface area contributed by atoms with Crippen molar-refractivity contribution in [2.24, 2.45) is 0 Å². The van der Waals surface area contributed by atoms with Crippen molar-refractivity contribution in [2.45, 2.75) is 31.7 Å². The maximum absolute atomic E-state index is 13.4. The van der Waals surface area contributed by atoms with E-state index in [0.717, 1.165) is 21.0 Å². The van der Waals surface area contributed by atoms with E-state index in [1.54, 1.807) is 36.4 Å². The third-order valence-corrected chi connectivity index (χ3v) is 6.68. The summed E-state index contributed by atoms with van der Waals surface area (Å²) >= 11 is 0. The number of nitrogens with one attached hydrogen (secondary N) is 1. The Kier molecular flexibility index (Phi) is 6.57. The first-order valence-corrected chi connectivity index (χ1v) is 11.2. The Balaban J connectivity index is 1.89. The van der Waals surface area contributed by atoms with Crippen LogP contribution in [0.2, 0.25) is 0 Å². The molecule has 0 saturated carbocycles. The molecule has 3 aromatic carbocycles. The number of hydrogen-bond acceptors (Lipinski definition) is 3. The number of amides is 1. The lowest BCUT2D eigenvalue weighted by Crippen LogP contribution is -2.41. The van der Waals surface area contributed by atoms with Gasteiger partial charge in [0, 0.05) is 0 Å². The van der Waals surface area contributed by atoms with Gasteiger partial charge in [0.1, 0.15) is 6.54 Å². The zero-order chi connectivity index (χ0) is 21.7. The molecule has 0 aliphatic rings. The minimum Gasteiger partial charge on any atom is -0.348 e. The first-order valence-electron chi connectivity index (χ1n) is 9.78. The molecular formula is C24H26N2O3S. The van der Waals surface area contributed by atoms with Crippen LogP contribution in [-0.2, 0) is 14.8 Å². The second-order valence-corrected chi connectivity index (χ2v) is 9.22. The average Bonchev–Trinajstić information content (AvgIpc) is 2.73. The van der Waals surface area contributed by atoms with Crippen LogP contribution in [0.15, 0.2) is 83.8 Å². The number of carbonyl (C=O) groups excluding carboxylic acids is 1. The van der Waals surface area contributed by atoms with Gasteiger partial charge in [-0.15, -0.1) is 0 Å². The lowest BCUT2D eigenvalue weighted by Gasteiger charge is -2.25. The van der Waals surface area contributed by atoms with Gasteiger partial charge >= 0.3 is 0 Å². The highest BCUT2D eigenvalue weighted by molar-refractivity contribution is 7.92. The molecule has 3 rings (SSSR count). The van der Waals surface area contributed by atoms with Crippen molar-refractivity contribution in [2.75, 3.05) is 10.8 Å². The molecule has 0 aromatic heterocycles. The number of nitrogens with zero attached hydrogens (tertiary/aromatic N) is 1. The molecule has 0 saturated heterocycles. The molecular weight excluding hydrogens is 396 g/mol. The van der Waals surface area contributed by atoms with Gasteiger partial charge in [-0.3, -0.25) is 9.10 Å². The van der Waals surface area contributed by atoms with Crippen LogP contribution in [0, 0.1) is 13.8 Å². The molecule has 0 bridgehead atoms. The van der Waals surface area contributed by atoms with E-state index in [-0.39, 0.29) is 23.4 Å². The van der Waals surface area contributed by atoms with Crippen molar-refractivity contribution >= 4 is 21.6 Å². The fraction of sp³-hybridized carbons (Fsp3) is 0.208. The highest BCUT2D eigenvalue weighted by atomic mass is 32.2. The van der Waals surface area contributed by atoms with Crippen LogP contribution in [0.3, 0.4) is 0 Å². The summed E-state index contributed by atoms with van der Waals surface area (Å²) < 4.78 is 27.9. The summed E-state index contributed by atoms with van der Waals surface area (Å²) in [5.41, 5.74) is 3.37. The van der Waals surface area contributed by atoms with Crippen LogP contribution in [0.4, 0.5) is 5.69 Å². The van der Waals surface area contributed by atoms with E-state index in [1.165, 1.54) is 0 Å². The molecule has 1 N–H and O–H groups in total. The number of sulfonamides is 1. The summed E-state index contributed by atoms with van der Waals surface area (Å²) in [6, 6.07) is 23.0. The Labute approximate surface area is 178 Å². The van der Waals surface area contributed by atoms with Crippen molar-refractivity contribution in [3.8, 4) is 0 Å². The van der Waals surface area contributed by atoms with Gasteiger partial charge in [-0.2, -0.15) is 0 Å². The van der Waals surface area contributed by atoms with Crippen LogP contribution >= 0.6 is 0 Å². The molecule has 30 heavy (non-hydrogen) atoms. The Hall–Kier alpha value is -3.12. The van der Waals surface area contributed by atoms with Crippen LogP contribution in [0.1, 0.15) is 29.7 Å². The van der Waals surface area contributed by atoms with Crippen molar-refractivity contribution in [3.05, 3.63) is 95.6 Å². The predicted molar refractivity (Wildman–Crippen MR) is 120 cm³/mol. The maximum Gasteiger partial charge on any atom is 0.264 e. The van der Waals surface area contributed by atoms with Crippen molar-refractivity contribution < 1.29 is 13.2 Å². The lowest BCUT2D eigenvalue weighted by molar-refractivity contribution is -0.120. The third-order valence-electron chi connectivity index (χ3n) is 4.90. The number of benzene rings is 3. The van der Waals surface area contributed by atoms with E-state index in [2.05, 4.69) is 5.32 Å². The summed E-state index contributed by atoms with van der Waals surface area (Å²) in [5.74, 6) is -0.373. The molecule has 6 heteroatoms. The molecule has 0 unspecified atom stereocenters. The van der Waals surface area contributed by atoms with Gasteiger partial charge in [-0.25, -0.2) is 8.42 Å². The van der Waals surface area contributed by atoms with Gasteiger partial charge < -0.3 is 5.32 Å². The first-order chi connectivity index (χ1) is 14.3. The predicted octanol–water partition coefficient (Wildman–Crippen LogP) is 4.38. The van der Waals surface area contributed by atoms with E-state index >= 15 is 0 Å². The zero-order valence-electron chi connectivity index (χ0n) is 17.4. The lowest BCUT2D eigenvalue weighted by atomic mass is 10.1. The molecule has 0 fully saturated rings. The fourth-order valence-corrected chi connectivity index (χ4v) is 4.53. The zero-order valence-corrected chi connectivity index (χ0v) is 18.2. The second-order valence-electron chi connectivity index (χ2n) is 7.36. The highest BCUT2D eigenvalue weighted by Crippen LogP contribution is 2.24. The third kappa shape index (κ3) is 5.07. The molecule has 0 spiro atoms. The average molecular weight is 423 g/mol. The molecule has 1 atom stereocenters. The van der Waals surface area contributed by atoms with Gasteiger partial charge in [0.25, 0.3) is 10.0 Å². The van der Waals surface area contributed by atoms with Crippen LogP contribution in [0.5, 0.6) is 0 Å². The molecule has 156 valence electrons. The van der Waals surface area contributed by atoms with Crippen molar-refractivity contribution in [1.82, 2.24) is 5.32 Å². The number of hydrogen-bond donors (Lipinski definition) is 1. The summed E-state index contributed by atoms with van der Waals surface area (Å²) in [4.78, 5) is 12.9. The number of rotatable bonds is 7. The summed E-state index contributed by atoms with van der Waals surface area (Å²) in [5, 5.41) is 2.90. The van der Waals surface area contributed by atoms with Gasteiger partial charge in [-0.1, -0.05) is 65.7 Å². The molecule has 0 aliphatic carbocycles. The fourth-order valence-electron chi connectivity index (χ4n) is 3.11. The SMILES string of the molecule is Cc1ccc(N(CC(=O)N[C@H](C)c2ccccc2)S(=O)(=O)c2ccc(C)cc2)cc1. The van der Waals surface area contributed by atoms with E-state index in [4.69, 9.17) is 0 Å². The monoisotopic (exact) mass is 422 g/mol. The van der Waals surface area contributed by atoms with Gasteiger partial charge in [0.05, 0.1) is 16.6 Å². The Morgan fingerprint density at radius 3 is 1.97 bits per heavy atom. The molecule has 3 aromatic rings. The van der Waals surface area contributed by atoms with Crippen molar-refractivity contribution in [3.63, 3.8) is 0 Å². The minimum absolute atomic E-state index is 0.151. The molecule has 0 heterocycles. The van der Waals surface area contributed by atoms with E-state index in [9.17, 15) is 13.2 Å². The van der Waals surface area contributed by atoms with E-state index in [0.29, 0.717) is 5.69 Å². The second kappa shape index (κ2) is 9.13. The van der Waals surface area contributed by atoms with Gasteiger partial charge in [-0.05, 0) is 50.6 Å². The topological polar surface area (TPSA) is 66.5 Å². The Bertz CT molecular complexity index is 1090. The van der Waals surface area contributed by atoms with Gasteiger partial charge in [0.2, 0.25) is 5.91 Å². The highest BCUT2D eigenvalue weighted by Gasteiger charge is 2.27. The largest absolute Gasteiger partial charge is 0.348 e. The van der Waals surface area contributed by atoms with E-state index in [1.807, 2.05) is 63.2 Å². The molecule has 5 nitrogen and oxygen atoms in total. The van der Waals surface area contributed by atoms with Crippen LogP contribution in [0.25, 0.3) is 0 Å².